The number of esters is 1. The number of nitrogens with one attached hydrogen (secondary N) is 1. The second-order valence-corrected chi connectivity index (χ2v) is 8.77. The largest absolute Gasteiger partial charge is 0.493 e. The molecule has 194 valence electrons. The highest BCUT2D eigenvalue weighted by atomic mass is 16.5. The van der Waals surface area contributed by atoms with Crippen molar-refractivity contribution in [2.45, 2.75) is 6.42 Å². The Morgan fingerprint density at radius 2 is 1.41 bits per heavy atom. The summed E-state index contributed by atoms with van der Waals surface area (Å²) < 4.78 is 16.3. The van der Waals surface area contributed by atoms with Gasteiger partial charge in [-0.25, -0.2) is 10.2 Å². The Morgan fingerprint density at radius 1 is 0.744 bits per heavy atom. The molecule has 5 aromatic carbocycles. The summed E-state index contributed by atoms with van der Waals surface area (Å²) in [6.07, 6.45) is 1.68. The number of benzene rings is 5. The molecule has 0 bridgehead atoms. The van der Waals surface area contributed by atoms with E-state index in [9.17, 15) is 9.59 Å². The van der Waals surface area contributed by atoms with Gasteiger partial charge in [-0.05, 0) is 51.4 Å². The zero-order valence-corrected chi connectivity index (χ0v) is 21.5. The third kappa shape index (κ3) is 5.57. The molecular formula is C32H26N2O5. The van der Waals surface area contributed by atoms with Crippen LogP contribution in [-0.2, 0) is 11.2 Å². The third-order valence-electron chi connectivity index (χ3n) is 6.37. The van der Waals surface area contributed by atoms with E-state index >= 15 is 0 Å². The molecule has 0 saturated carbocycles. The van der Waals surface area contributed by atoms with Gasteiger partial charge in [-0.15, -0.1) is 0 Å². The number of carbonyl (C=O) groups is 2. The van der Waals surface area contributed by atoms with Crippen LogP contribution in [0.15, 0.2) is 102 Å². The maximum Gasteiger partial charge on any atom is 0.343 e. The van der Waals surface area contributed by atoms with E-state index in [1.54, 1.807) is 24.3 Å². The minimum Gasteiger partial charge on any atom is -0.493 e. The molecule has 0 spiro atoms. The molecule has 39 heavy (non-hydrogen) atoms. The summed E-state index contributed by atoms with van der Waals surface area (Å²) in [5, 5.41) is 8.06. The molecule has 0 aromatic heterocycles. The van der Waals surface area contributed by atoms with E-state index in [1.807, 2.05) is 72.8 Å². The number of hydrogen-bond acceptors (Lipinski definition) is 6. The Morgan fingerprint density at radius 3 is 2.18 bits per heavy atom. The number of hydrogen-bond donors (Lipinski definition) is 1. The molecule has 0 aliphatic rings. The molecule has 0 saturated heterocycles. The maximum atomic E-state index is 13.0. The van der Waals surface area contributed by atoms with Crippen molar-refractivity contribution in [1.82, 2.24) is 5.43 Å². The predicted octanol–water partition coefficient (Wildman–Crippen LogP) is 5.92. The van der Waals surface area contributed by atoms with E-state index in [0.717, 1.165) is 27.1 Å². The number of carbonyl (C=O) groups excluding carboxylic acids is 2. The van der Waals surface area contributed by atoms with E-state index < -0.39 is 5.97 Å². The summed E-state index contributed by atoms with van der Waals surface area (Å²) in [5.41, 5.74) is 4.38. The number of rotatable bonds is 8. The molecule has 0 unspecified atom stereocenters. The summed E-state index contributed by atoms with van der Waals surface area (Å²) in [7, 11) is 3.02. The zero-order valence-electron chi connectivity index (χ0n) is 21.5. The van der Waals surface area contributed by atoms with Crippen molar-refractivity contribution < 1.29 is 23.8 Å². The van der Waals surface area contributed by atoms with Gasteiger partial charge in [-0.1, -0.05) is 72.8 Å². The van der Waals surface area contributed by atoms with Crippen LogP contribution in [0, 0.1) is 0 Å². The highest BCUT2D eigenvalue weighted by Gasteiger charge is 2.16. The van der Waals surface area contributed by atoms with Crippen LogP contribution in [-0.4, -0.2) is 32.3 Å². The van der Waals surface area contributed by atoms with Crippen LogP contribution in [0.2, 0.25) is 0 Å². The number of methoxy groups -OCH3 is 2. The molecule has 0 radical (unpaired) electrons. The predicted molar refractivity (Wildman–Crippen MR) is 152 cm³/mol. The summed E-state index contributed by atoms with van der Waals surface area (Å²) >= 11 is 0. The normalized spacial score (nSPS) is 11.0. The molecule has 0 aliphatic heterocycles. The molecule has 5 aromatic rings. The highest BCUT2D eigenvalue weighted by molar-refractivity contribution is 6.04. The van der Waals surface area contributed by atoms with Gasteiger partial charge in [0.25, 0.3) is 0 Å². The van der Waals surface area contributed by atoms with Crippen molar-refractivity contribution in [3.63, 3.8) is 0 Å². The topological polar surface area (TPSA) is 86.2 Å². The van der Waals surface area contributed by atoms with Crippen LogP contribution in [0.25, 0.3) is 21.5 Å². The smallest absolute Gasteiger partial charge is 0.343 e. The Labute approximate surface area is 225 Å². The van der Waals surface area contributed by atoms with Gasteiger partial charge in [-0.3, -0.25) is 4.79 Å². The van der Waals surface area contributed by atoms with Crippen LogP contribution < -0.4 is 19.6 Å². The van der Waals surface area contributed by atoms with Crippen molar-refractivity contribution in [1.29, 1.82) is 0 Å². The zero-order chi connectivity index (χ0) is 27.2. The summed E-state index contributed by atoms with van der Waals surface area (Å²) in [5.74, 6) is 0.404. The van der Waals surface area contributed by atoms with Gasteiger partial charge in [0, 0.05) is 5.56 Å². The Balaban J connectivity index is 1.38. The summed E-state index contributed by atoms with van der Waals surface area (Å²) in [6, 6.07) is 29.9. The van der Waals surface area contributed by atoms with Gasteiger partial charge in [0.05, 0.1) is 32.4 Å². The molecule has 0 aliphatic carbocycles. The SMILES string of the molecule is COc1ccc(C(=O)Oc2ccc3ccccc3c2/C=N/NC(=O)Cc2cccc3ccccc23)cc1OC. The Kier molecular flexibility index (Phi) is 7.50. The third-order valence-corrected chi connectivity index (χ3v) is 6.37. The lowest BCUT2D eigenvalue weighted by atomic mass is 10.0. The van der Waals surface area contributed by atoms with E-state index in [-0.39, 0.29) is 12.3 Å². The van der Waals surface area contributed by atoms with Gasteiger partial charge >= 0.3 is 5.97 Å². The fraction of sp³-hybridized carbons (Fsp3) is 0.0938. The van der Waals surface area contributed by atoms with E-state index in [0.29, 0.717) is 28.4 Å². The molecule has 0 fully saturated rings. The molecule has 5 rings (SSSR count). The lowest BCUT2D eigenvalue weighted by Crippen LogP contribution is -2.20. The molecule has 0 heterocycles. The molecular weight excluding hydrogens is 492 g/mol. The first-order chi connectivity index (χ1) is 19.1. The quantitative estimate of drug-likeness (QED) is 0.119. The minimum atomic E-state index is -0.569. The average molecular weight is 519 g/mol. The first kappa shape index (κ1) is 25.5. The minimum absolute atomic E-state index is 0.176. The number of ether oxygens (including phenoxy) is 3. The van der Waals surface area contributed by atoms with E-state index in [4.69, 9.17) is 14.2 Å². The van der Waals surface area contributed by atoms with Crippen LogP contribution in [0.3, 0.4) is 0 Å². The van der Waals surface area contributed by atoms with E-state index in [2.05, 4.69) is 10.5 Å². The number of nitrogens with zero attached hydrogens (tertiary/aromatic N) is 1. The summed E-state index contributed by atoms with van der Waals surface area (Å²) in [6.45, 7) is 0. The van der Waals surface area contributed by atoms with Crippen molar-refractivity contribution in [2.24, 2.45) is 5.10 Å². The van der Waals surface area contributed by atoms with Crippen molar-refractivity contribution in [2.75, 3.05) is 14.2 Å². The average Bonchev–Trinajstić information content (AvgIpc) is 2.97. The van der Waals surface area contributed by atoms with Gasteiger partial charge in [0.2, 0.25) is 5.91 Å². The molecule has 1 amide bonds. The standard InChI is InChI=1S/C32H26N2O5/c1-37-29-17-15-24(18-30(29)38-2)32(36)39-28-16-14-22-9-4-6-13-26(22)27(28)20-33-34-31(35)19-23-11-7-10-21-8-3-5-12-25(21)23/h3-18,20H,19H2,1-2H3,(H,34,35)/b33-20+. The van der Waals surface area contributed by atoms with Gasteiger partial charge in [0.15, 0.2) is 11.5 Å². The van der Waals surface area contributed by atoms with Crippen molar-refractivity contribution in [3.8, 4) is 17.2 Å². The van der Waals surface area contributed by atoms with Crippen LogP contribution >= 0.6 is 0 Å². The number of amides is 1. The van der Waals surface area contributed by atoms with Crippen LogP contribution in [0.1, 0.15) is 21.5 Å². The Bertz CT molecular complexity index is 1710. The van der Waals surface area contributed by atoms with Crippen LogP contribution in [0.4, 0.5) is 0 Å². The fourth-order valence-corrected chi connectivity index (χ4v) is 4.45. The second kappa shape index (κ2) is 11.5. The van der Waals surface area contributed by atoms with Gasteiger partial charge < -0.3 is 14.2 Å². The summed E-state index contributed by atoms with van der Waals surface area (Å²) in [4.78, 5) is 25.8. The molecule has 7 heteroatoms. The first-order valence-electron chi connectivity index (χ1n) is 12.3. The maximum absolute atomic E-state index is 13.0. The van der Waals surface area contributed by atoms with Gasteiger partial charge in [-0.2, -0.15) is 5.10 Å². The lowest BCUT2D eigenvalue weighted by molar-refractivity contribution is -0.120. The Hall–Kier alpha value is -5.17. The number of fused-ring (bicyclic) bond motifs is 2. The van der Waals surface area contributed by atoms with Crippen molar-refractivity contribution >= 4 is 39.6 Å². The second-order valence-electron chi connectivity index (χ2n) is 8.77. The lowest BCUT2D eigenvalue weighted by Gasteiger charge is -2.12. The van der Waals surface area contributed by atoms with E-state index in [1.165, 1.54) is 20.4 Å². The highest BCUT2D eigenvalue weighted by Crippen LogP contribution is 2.30. The van der Waals surface area contributed by atoms with Crippen molar-refractivity contribution in [3.05, 3.63) is 114 Å². The molecule has 1 N–H and O–H groups in total. The fourth-order valence-electron chi connectivity index (χ4n) is 4.45. The van der Waals surface area contributed by atoms with Crippen LogP contribution in [0.5, 0.6) is 17.2 Å². The molecule has 0 atom stereocenters. The van der Waals surface area contributed by atoms with Gasteiger partial charge in [0.1, 0.15) is 5.75 Å². The molecule has 7 nitrogen and oxygen atoms in total. The first-order valence-corrected chi connectivity index (χ1v) is 12.3. The number of hydrazone groups is 1. The monoisotopic (exact) mass is 518 g/mol.